The van der Waals surface area contributed by atoms with Crippen molar-refractivity contribution in [3.05, 3.63) is 11.5 Å². The lowest BCUT2D eigenvalue weighted by Crippen LogP contribution is -2.28. The molecule has 0 saturated heterocycles. The first kappa shape index (κ1) is 13.1. The maximum absolute atomic E-state index is 11.4. The van der Waals surface area contributed by atoms with Crippen LogP contribution in [0.5, 0.6) is 0 Å². The van der Waals surface area contributed by atoms with E-state index in [1.54, 1.807) is 0 Å². The Morgan fingerprint density at radius 1 is 1.50 bits per heavy atom. The minimum absolute atomic E-state index is 0.0206. The molecule has 4 nitrogen and oxygen atoms in total. The lowest BCUT2D eigenvalue weighted by atomic mass is 10.2. The minimum atomic E-state index is 0.0206. The van der Waals surface area contributed by atoms with Crippen LogP contribution in [0.2, 0.25) is 0 Å². The number of aromatic nitrogens is 1. The fraction of sp³-hybridized carbons (Fsp3) is 0.636. The Labute approximate surface area is 100 Å². The van der Waals surface area contributed by atoms with E-state index in [-0.39, 0.29) is 5.91 Å². The highest BCUT2D eigenvalue weighted by Gasteiger charge is 2.09. The normalized spacial score (nSPS) is 10.8. The van der Waals surface area contributed by atoms with Crippen LogP contribution in [-0.4, -0.2) is 23.2 Å². The molecule has 90 valence electrons. The number of hydrogen-bond acceptors (Lipinski definition) is 4. The Balaban J connectivity index is 2.31. The molecule has 0 unspecified atom stereocenters. The van der Waals surface area contributed by atoms with E-state index in [9.17, 15) is 4.79 Å². The second kappa shape index (κ2) is 5.94. The van der Waals surface area contributed by atoms with Crippen molar-refractivity contribution >= 4 is 17.7 Å². The number of hydrogen-bond donors (Lipinski definition) is 1. The molecule has 1 heterocycles. The summed E-state index contributed by atoms with van der Waals surface area (Å²) in [6.45, 7) is 8.60. The quantitative estimate of drug-likeness (QED) is 0.804. The number of carbonyl (C=O) groups excluding carboxylic acids is 1. The Kier molecular flexibility index (Phi) is 4.86. The zero-order chi connectivity index (χ0) is 12.1. The maximum atomic E-state index is 11.4. The average Bonchev–Trinajstić information content (AvgIpc) is 2.52. The molecular weight excluding hydrogens is 224 g/mol. The molecule has 0 radical (unpaired) electrons. The molecule has 0 fully saturated rings. The Hall–Kier alpha value is -0.970. The van der Waals surface area contributed by atoms with Crippen LogP contribution in [0, 0.1) is 19.8 Å². The van der Waals surface area contributed by atoms with Crippen molar-refractivity contribution in [2.75, 3.05) is 12.3 Å². The Morgan fingerprint density at radius 3 is 2.69 bits per heavy atom. The molecule has 1 aromatic rings. The number of nitrogens with zero attached hydrogens (tertiary/aromatic N) is 1. The van der Waals surface area contributed by atoms with Crippen LogP contribution >= 0.6 is 11.8 Å². The number of rotatable bonds is 5. The van der Waals surface area contributed by atoms with E-state index >= 15 is 0 Å². The van der Waals surface area contributed by atoms with Crippen molar-refractivity contribution in [3.8, 4) is 0 Å². The van der Waals surface area contributed by atoms with Gasteiger partial charge in [-0.2, -0.15) is 0 Å². The van der Waals surface area contributed by atoms with E-state index in [0.29, 0.717) is 23.4 Å². The summed E-state index contributed by atoms with van der Waals surface area (Å²) in [6.07, 6.45) is 0. The van der Waals surface area contributed by atoms with Crippen LogP contribution in [0.3, 0.4) is 0 Å². The van der Waals surface area contributed by atoms with Crippen molar-refractivity contribution < 1.29 is 9.21 Å². The van der Waals surface area contributed by atoms with Crippen LogP contribution in [0.4, 0.5) is 0 Å². The van der Waals surface area contributed by atoms with E-state index in [1.165, 1.54) is 11.8 Å². The lowest BCUT2D eigenvalue weighted by Gasteiger charge is -2.05. The molecule has 1 amide bonds. The van der Waals surface area contributed by atoms with Crippen molar-refractivity contribution in [1.82, 2.24) is 10.3 Å². The molecule has 0 aliphatic heterocycles. The highest BCUT2D eigenvalue weighted by atomic mass is 32.2. The molecule has 1 N–H and O–H groups in total. The van der Waals surface area contributed by atoms with Gasteiger partial charge in [0, 0.05) is 6.54 Å². The number of amides is 1. The first-order valence-electron chi connectivity index (χ1n) is 5.32. The summed E-state index contributed by atoms with van der Waals surface area (Å²) in [5.41, 5.74) is 0.880. The molecule has 0 aromatic carbocycles. The molecule has 0 atom stereocenters. The third-order valence-corrected chi connectivity index (χ3v) is 2.87. The molecule has 0 bridgehead atoms. The SMILES string of the molecule is Cc1nc(SCC(=O)NCC(C)C)oc1C. The fourth-order valence-corrected chi connectivity index (χ4v) is 1.74. The van der Waals surface area contributed by atoms with Gasteiger partial charge in [-0.1, -0.05) is 25.6 Å². The van der Waals surface area contributed by atoms with Gasteiger partial charge in [0.2, 0.25) is 5.91 Å². The van der Waals surface area contributed by atoms with Gasteiger partial charge >= 0.3 is 0 Å². The van der Waals surface area contributed by atoms with Crippen molar-refractivity contribution in [2.45, 2.75) is 32.9 Å². The van der Waals surface area contributed by atoms with Crippen LogP contribution < -0.4 is 5.32 Å². The van der Waals surface area contributed by atoms with Gasteiger partial charge in [0.05, 0.1) is 11.4 Å². The summed E-state index contributed by atoms with van der Waals surface area (Å²) >= 11 is 1.33. The largest absolute Gasteiger partial charge is 0.437 e. The lowest BCUT2D eigenvalue weighted by molar-refractivity contribution is -0.118. The molecular formula is C11H18N2O2S. The number of carbonyl (C=O) groups is 1. The summed E-state index contributed by atoms with van der Waals surface area (Å²) in [4.78, 5) is 15.6. The molecule has 16 heavy (non-hydrogen) atoms. The van der Waals surface area contributed by atoms with Gasteiger partial charge in [-0.25, -0.2) is 4.98 Å². The molecule has 0 spiro atoms. The molecule has 0 aliphatic carbocycles. The number of nitrogens with one attached hydrogen (secondary N) is 1. The van der Waals surface area contributed by atoms with Gasteiger partial charge in [0.15, 0.2) is 0 Å². The van der Waals surface area contributed by atoms with Gasteiger partial charge in [-0.15, -0.1) is 0 Å². The second-order valence-electron chi connectivity index (χ2n) is 4.11. The fourth-order valence-electron chi connectivity index (χ4n) is 1.00. The molecule has 0 saturated carbocycles. The van der Waals surface area contributed by atoms with E-state index in [4.69, 9.17) is 4.42 Å². The van der Waals surface area contributed by atoms with Crippen molar-refractivity contribution in [3.63, 3.8) is 0 Å². The monoisotopic (exact) mass is 242 g/mol. The van der Waals surface area contributed by atoms with E-state index in [0.717, 1.165) is 11.5 Å². The topological polar surface area (TPSA) is 55.1 Å². The van der Waals surface area contributed by atoms with Crippen LogP contribution in [0.15, 0.2) is 9.64 Å². The minimum Gasteiger partial charge on any atom is -0.437 e. The summed E-state index contributed by atoms with van der Waals surface area (Å²) < 4.78 is 5.36. The zero-order valence-corrected chi connectivity index (χ0v) is 11.0. The standard InChI is InChI=1S/C11H18N2O2S/c1-7(2)5-12-10(14)6-16-11-13-8(3)9(4)15-11/h7H,5-6H2,1-4H3,(H,12,14). The number of oxazole rings is 1. The van der Waals surface area contributed by atoms with Crippen molar-refractivity contribution in [1.29, 1.82) is 0 Å². The predicted molar refractivity (Wildman–Crippen MR) is 64.5 cm³/mol. The smallest absolute Gasteiger partial charge is 0.256 e. The third-order valence-electron chi connectivity index (χ3n) is 2.04. The molecule has 1 rings (SSSR count). The zero-order valence-electron chi connectivity index (χ0n) is 10.2. The number of aryl methyl sites for hydroxylation is 2. The van der Waals surface area contributed by atoms with E-state index in [1.807, 2.05) is 13.8 Å². The summed E-state index contributed by atoms with van der Waals surface area (Å²) in [7, 11) is 0. The Morgan fingerprint density at radius 2 is 2.19 bits per heavy atom. The molecule has 5 heteroatoms. The Bertz CT molecular complexity index is 341. The first-order valence-corrected chi connectivity index (χ1v) is 6.31. The van der Waals surface area contributed by atoms with Crippen LogP contribution in [-0.2, 0) is 4.79 Å². The van der Waals surface area contributed by atoms with Gasteiger partial charge in [0.1, 0.15) is 5.76 Å². The summed E-state index contributed by atoms with van der Waals surface area (Å²) in [5.74, 6) is 1.66. The molecule has 0 aliphatic rings. The van der Waals surface area contributed by atoms with E-state index in [2.05, 4.69) is 24.1 Å². The summed E-state index contributed by atoms with van der Waals surface area (Å²) in [5, 5.41) is 3.41. The maximum Gasteiger partial charge on any atom is 0.256 e. The average molecular weight is 242 g/mol. The van der Waals surface area contributed by atoms with Crippen molar-refractivity contribution in [2.24, 2.45) is 5.92 Å². The van der Waals surface area contributed by atoms with Gasteiger partial charge in [-0.3, -0.25) is 4.79 Å². The summed E-state index contributed by atoms with van der Waals surface area (Å²) in [6, 6.07) is 0. The molecule has 1 aromatic heterocycles. The van der Waals surface area contributed by atoms with Crippen LogP contribution in [0.1, 0.15) is 25.3 Å². The highest BCUT2D eigenvalue weighted by molar-refractivity contribution is 7.99. The van der Waals surface area contributed by atoms with Gasteiger partial charge in [-0.05, 0) is 19.8 Å². The van der Waals surface area contributed by atoms with Gasteiger partial charge < -0.3 is 9.73 Å². The van der Waals surface area contributed by atoms with Gasteiger partial charge in [0.25, 0.3) is 5.22 Å². The second-order valence-corrected chi connectivity index (χ2v) is 5.03. The first-order chi connectivity index (χ1) is 7.49. The van der Waals surface area contributed by atoms with Crippen LogP contribution in [0.25, 0.3) is 0 Å². The number of thioether (sulfide) groups is 1. The third kappa shape index (κ3) is 4.26. The highest BCUT2D eigenvalue weighted by Crippen LogP contribution is 2.19. The predicted octanol–water partition coefficient (Wildman–Crippen LogP) is 2.16. The van der Waals surface area contributed by atoms with E-state index < -0.39 is 0 Å².